The van der Waals surface area contributed by atoms with Gasteiger partial charge in [0.05, 0.1) is 22.6 Å². The smallest absolute Gasteiger partial charge is 0.255 e. The second-order valence-corrected chi connectivity index (χ2v) is 6.57. The summed E-state index contributed by atoms with van der Waals surface area (Å²) in [7, 11) is 0. The average Bonchev–Trinajstić information content (AvgIpc) is 2.93. The van der Waals surface area contributed by atoms with Crippen molar-refractivity contribution < 1.29 is 4.79 Å². The number of aromatic nitrogens is 2. The Morgan fingerprint density at radius 2 is 1.83 bits per heavy atom. The van der Waals surface area contributed by atoms with Crippen LogP contribution >= 0.6 is 0 Å². The van der Waals surface area contributed by atoms with E-state index in [2.05, 4.69) is 39.9 Å². The maximum absolute atomic E-state index is 12.7. The zero-order chi connectivity index (χ0) is 17.0. The maximum Gasteiger partial charge on any atom is 0.255 e. The maximum atomic E-state index is 12.7. The minimum absolute atomic E-state index is 0.0126. The molecule has 0 bridgehead atoms. The van der Waals surface area contributed by atoms with Crippen LogP contribution in [0.25, 0.3) is 5.69 Å². The van der Waals surface area contributed by atoms with E-state index in [0.29, 0.717) is 12.5 Å². The van der Waals surface area contributed by atoms with E-state index < -0.39 is 0 Å². The number of rotatable bonds is 6. The van der Waals surface area contributed by atoms with Crippen LogP contribution in [0.4, 0.5) is 0 Å². The van der Waals surface area contributed by atoms with E-state index in [0.717, 1.165) is 29.1 Å². The summed E-state index contributed by atoms with van der Waals surface area (Å²) in [5, 5.41) is 7.80. The largest absolute Gasteiger partial charge is 0.352 e. The second-order valence-electron chi connectivity index (χ2n) is 6.57. The summed E-state index contributed by atoms with van der Waals surface area (Å²) in [5.74, 6) is 0.613. The van der Waals surface area contributed by atoms with Gasteiger partial charge in [0.1, 0.15) is 0 Å². The third-order valence-corrected chi connectivity index (χ3v) is 3.79. The van der Waals surface area contributed by atoms with Crippen molar-refractivity contribution in [3.8, 4) is 5.69 Å². The number of nitrogens with one attached hydrogen (secondary N) is 1. The molecule has 2 aromatic rings. The summed E-state index contributed by atoms with van der Waals surface area (Å²) in [6.07, 6.45) is 0.763. The Kier molecular flexibility index (Phi) is 5.59. The molecule has 2 rings (SSSR count). The van der Waals surface area contributed by atoms with Crippen LogP contribution in [0.15, 0.2) is 30.3 Å². The molecule has 4 heteroatoms. The van der Waals surface area contributed by atoms with Gasteiger partial charge in [-0.1, -0.05) is 52.8 Å². The summed E-state index contributed by atoms with van der Waals surface area (Å²) in [6.45, 7) is 11.1. The fourth-order valence-electron chi connectivity index (χ4n) is 2.62. The van der Waals surface area contributed by atoms with E-state index in [4.69, 9.17) is 5.10 Å². The first-order chi connectivity index (χ1) is 11.0. The topological polar surface area (TPSA) is 46.9 Å². The normalized spacial score (nSPS) is 11.3. The fourth-order valence-corrected chi connectivity index (χ4v) is 2.62. The molecule has 0 aliphatic rings. The molecule has 4 nitrogen and oxygen atoms in total. The Balaban J connectivity index is 2.51. The van der Waals surface area contributed by atoms with Gasteiger partial charge in [0.15, 0.2) is 0 Å². The molecule has 1 aromatic heterocycles. The Labute approximate surface area is 138 Å². The van der Waals surface area contributed by atoms with E-state index >= 15 is 0 Å². The van der Waals surface area contributed by atoms with E-state index in [9.17, 15) is 4.79 Å². The number of amides is 1. The highest BCUT2D eigenvalue weighted by Crippen LogP contribution is 2.25. The number of carbonyl (C=O) groups excluding carboxylic acids is 1. The van der Waals surface area contributed by atoms with Crippen LogP contribution in [0.2, 0.25) is 0 Å². The van der Waals surface area contributed by atoms with Crippen LogP contribution in [0.5, 0.6) is 0 Å². The van der Waals surface area contributed by atoms with E-state index in [1.807, 2.05) is 35.0 Å². The van der Waals surface area contributed by atoms with Crippen molar-refractivity contribution in [3.63, 3.8) is 0 Å². The molecule has 23 heavy (non-hydrogen) atoms. The summed E-state index contributed by atoms with van der Waals surface area (Å²) in [6, 6.07) is 10.0. The van der Waals surface area contributed by atoms with Crippen LogP contribution < -0.4 is 5.32 Å². The molecule has 1 aromatic carbocycles. The zero-order valence-corrected chi connectivity index (χ0v) is 14.8. The summed E-state index contributed by atoms with van der Waals surface area (Å²) >= 11 is 0. The molecule has 0 saturated heterocycles. The first-order valence-electron chi connectivity index (χ1n) is 8.41. The number of hydrogen-bond acceptors (Lipinski definition) is 2. The van der Waals surface area contributed by atoms with E-state index in [1.54, 1.807) is 0 Å². The predicted molar refractivity (Wildman–Crippen MR) is 94.2 cm³/mol. The van der Waals surface area contributed by atoms with Gasteiger partial charge in [-0.05, 0) is 30.4 Å². The number of hydrogen-bond donors (Lipinski definition) is 1. The highest BCUT2D eigenvalue weighted by molar-refractivity contribution is 5.96. The van der Waals surface area contributed by atoms with E-state index in [-0.39, 0.29) is 11.8 Å². The summed E-state index contributed by atoms with van der Waals surface area (Å²) in [5.41, 5.74) is 3.58. The molecule has 0 aliphatic heterocycles. The molecule has 1 amide bonds. The molecule has 0 radical (unpaired) electrons. The highest BCUT2D eigenvalue weighted by atomic mass is 16.1. The highest BCUT2D eigenvalue weighted by Gasteiger charge is 2.24. The van der Waals surface area contributed by atoms with Crippen molar-refractivity contribution in [2.24, 2.45) is 5.92 Å². The van der Waals surface area contributed by atoms with Gasteiger partial charge in [0.25, 0.3) is 5.91 Å². The third kappa shape index (κ3) is 3.81. The van der Waals surface area contributed by atoms with Crippen LogP contribution in [0.1, 0.15) is 62.3 Å². The van der Waals surface area contributed by atoms with Gasteiger partial charge in [-0.2, -0.15) is 5.10 Å². The number of benzene rings is 1. The molecule has 0 fully saturated rings. The van der Waals surface area contributed by atoms with Crippen LogP contribution in [0, 0.1) is 5.92 Å². The first kappa shape index (κ1) is 17.3. The monoisotopic (exact) mass is 313 g/mol. The van der Waals surface area contributed by atoms with Crippen molar-refractivity contribution in [1.29, 1.82) is 0 Å². The Morgan fingerprint density at radius 3 is 2.35 bits per heavy atom. The summed E-state index contributed by atoms with van der Waals surface area (Å²) < 4.78 is 1.92. The van der Waals surface area contributed by atoms with Crippen LogP contribution in [0.3, 0.4) is 0 Å². The number of para-hydroxylation sites is 1. The predicted octanol–water partition coefficient (Wildman–Crippen LogP) is 3.94. The lowest BCUT2D eigenvalue weighted by atomic mass is 10.0. The quantitative estimate of drug-likeness (QED) is 0.878. The average molecular weight is 313 g/mol. The van der Waals surface area contributed by atoms with Crippen molar-refractivity contribution in [2.45, 2.75) is 47.0 Å². The lowest BCUT2D eigenvalue weighted by molar-refractivity contribution is 0.0946. The molecule has 1 N–H and O–H groups in total. The minimum atomic E-state index is -0.0126. The van der Waals surface area contributed by atoms with Gasteiger partial charge >= 0.3 is 0 Å². The van der Waals surface area contributed by atoms with Gasteiger partial charge in [-0.3, -0.25) is 4.79 Å². The van der Waals surface area contributed by atoms with Crippen molar-refractivity contribution in [2.75, 3.05) is 6.54 Å². The molecule has 0 aliphatic carbocycles. The number of carbonyl (C=O) groups is 1. The minimum Gasteiger partial charge on any atom is -0.352 e. The Bertz CT molecular complexity index is 657. The van der Waals surface area contributed by atoms with Gasteiger partial charge in [0.2, 0.25) is 0 Å². The third-order valence-electron chi connectivity index (χ3n) is 3.79. The second kappa shape index (κ2) is 7.44. The van der Waals surface area contributed by atoms with Gasteiger partial charge in [-0.25, -0.2) is 4.68 Å². The van der Waals surface area contributed by atoms with Gasteiger partial charge in [0, 0.05) is 6.54 Å². The van der Waals surface area contributed by atoms with E-state index in [1.165, 1.54) is 0 Å². The van der Waals surface area contributed by atoms with Crippen LogP contribution in [-0.4, -0.2) is 22.2 Å². The SMILES string of the molecule is CCc1c(C(=O)NCC(C)C)c(C(C)C)nn1-c1ccccc1. The van der Waals surface area contributed by atoms with Crippen LogP contribution in [-0.2, 0) is 6.42 Å². The lowest BCUT2D eigenvalue weighted by Crippen LogP contribution is -2.28. The molecule has 0 spiro atoms. The molecular weight excluding hydrogens is 286 g/mol. The summed E-state index contributed by atoms with van der Waals surface area (Å²) in [4.78, 5) is 12.7. The first-order valence-corrected chi connectivity index (χ1v) is 8.41. The number of nitrogens with zero attached hydrogens (tertiary/aromatic N) is 2. The molecule has 124 valence electrons. The van der Waals surface area contributed by atoms with Crippen molar-refractivity contribution in [3.05, 3.63) is 47.3 Å². The molecular formula is C19H27N3O. The standard InChI is InChI=1S/C19H27N3O/c1-6-16-17(19(23)20-12-13(2)3)18(14(4)5)21-22(16)15-10-8-7-9-11-15/h7-11,13-14H,6,12H2,1-5H3,(H,20,23). The molecule has 1 heterocycles. The Hall–Kier alpha value is -2.10. The molecule has 0 saturated carbocycles. The van der Waals surface area contributed by atoms with Gasteiger partial charge in [-0.15, -0.1) is 0 Å². The lowest BCUT2D eigenvalue weighted by Gasteiger charge is -2.11. The zero-order valence-electron chi connectivity index (χ0n) is 14.8. The Morgan fingerprint density at radius 1 is 1.17 bits per heavy atom. The van der Waals surface area contributed by atoms with Crippen molar-refractivity contribution in [1.82, 2.24) is 15.1 Å². The molecule has 0 atom stereocenters. The van der Waals surface area contributed by atoms with Crippen molar-refractivity contribution >= 4 is 5.91 Å². The van der Waals surface area contributed by atoms with Gasteiger partial charge < -0.3 is 5.32 Å². The fraction of sp³-hybridized carbons (Fsp3) is 0.474. The molecule has 0 unspecified atom stereocenters.